The molecule has 0 aromatic heterocycles. The maximum atomic E-state index is 6.03. The van der Waals surface area contributed by atoms with Crippen LogP contribution >= 0.6 is 0 Å². The Morgan fingerprint density at radius 3 is 2.88 bits per heavy atom. The van der Waals surface area contributed by atoms with Crippen molar-refractivity contribution in [2.45, 2.75) is 37.7 Å². The molecule has 2 atom stereocenters. The minimum atomic E-state index is 0.145. The predicted octanol–water partition coefficient (Wildman–Crippen LogP) is 2.25. The topological polar surface area (TPSA) is 35.2 Å². The van der Waals surface area contributed by atoms with Crippen molar-refractivity contribution in [1.29, 1.82) is 0 Å². The zero-order valence-corrected chi connectivity index (χ0v) is 10.2. The van der Waals surface area contributed by atoms with Crippen LogP contribution < -0.4 is 5.73 Å². The number of methoxy groups -OCH3 is 1. The van der Waals surface area contributed by atoms with Gasteiger partial charge >= 0.3 is 0 Å². The summed E-state index contributed by atoms with van der Waals surface area (Å²) < 4.78 is 5.40. The molecule has 1 aromatic carbocycles. The molecule has 1 aliphatic rings. The van der Waals surface area contributed by atoms with Crippen LogP contribution in [0.25, 0.3) is 0 Å². The van der Waals surface area contributed by atoms with Crippen molar-refractivity contribution in [2.75, 3.05) is 13.7 Å². The summed E-state index contributed by atoms with van der Waals surface area (Å²) in [4.78, 5) is 0. The molecule has 2 unspecified atom stereocenters. The van der Waals surface area contributed by atoms with Crippen LogP contribution in [0.3, 0.4) is 0 Å². The average Bonchev–Trinajstić information content (AvgIpc) is 2.69. The Bertz CT molecular complexity index is 364. The molecule has 0 radical (unpaired) electrons. The number of aryl methyl sites for hydroxylation is 1. The first-order chi connectivity index (χ1) is 7.72. The van der Waals surface area contributed by atoms with Crippen LogP contribution in [0.1, 0.15) is 30.9 Å². The van der Waals surface area contributed by atoms with Crippen LogP contribution in [-0.4, -0.2) is 19.8 Å². The zero-order chi connectivity index (χ0) is 11.6. The minimum absolute atomic E-state index is 0.145. The summed E-state index contributed by atoms with van der Waals surface area (Å²) in [6.07, 6.45) is 3.62. The van der Waals surface area contributed by atoms with Crippen LogP contribution in [0.4, 0.5) is 0 Å². The van der Waals surface area contributed by atoms with E-state index in [2.05, 4.69) is 31.2 Å². The molecule has 0 amide bonds. The highest BCUT2D eigenvalue weighted by atomic mass is 16.5. The number of ether oxygens (including phenoxy) is 1. The van der Waals surface area contributed by atoms with Gasteiger partial charge in [0, 0.05) is 19.1 Å². The van der Waals surface area contributed by atoms with Crippen LogP contribution in [0.15, 0.2) is 24.3 Å². The lowest BCUT2D eigenvalue weighted by atomic mass is 9.77. The van der Waals surface area contributed by atoms with Gasteiger partial charge in [0.05, 0.1) is 6.10 Å². The van der Waals surface area contributed by atoms with Crippen LogP contribution in [0.2, 0.25) is 0 Å². The molecule has 16 heavy (non-hydrogen) atoms. The van der Waals surface area contributed by atoms with Crippen molar-refractivity contribution in [2.24, 2.45) is 5.73 Å². The van der Waals surface area contributed by atoms with E-state index in [-0.39, 0.29) is 11.5 Å². The van der Waals surface area contributed by atoms with Gasteiger partial charge in [-0.15, -0.1) is 0 Å². The molecule has 1 aliphatic carbocycles. The van der Waals surface area contributed by atoms with Crippen LogP contribution in [-0.2, 0) is 16.6 Å². The predicted molar refractivity (Wildman–Crippen MR) is 66.6 cm³/mol. The first-order valence-corrected chi connectivity index (χ1v) is 6.03. The number of hydrogen-bond donors (Lipinski definition) is 1. The Kier molecular flexibility index (Phi) is 3.31. The van der Waals surface area contributed by atoms with Crippen molar-refractivity contribution in [1.82, 2.24) is 0 Å². The monoisotopic (exact) mass is 219 g/mol. The molecule has 0 heterocycles. The molecule has 2 rings (SSSR count). The fourth-order valence-electron chi connectivity index (χ4n) is 2.91. The van der Waals surface area contributed by atoms with Gasteiger partial charge in [-0.05, 0) is 37.3 Å². The highest BCUT2D eigenvalue weighted by molar-refractivity contribution is 5.39. The zero-order valence-electron chi connectivity index (χ0n) is 10.2. The van der Waals surface area contributed by atoms with Gasteiger partial charge in [0.2, 0.25) is 0 Å². The lowest BCUT2D eigenvalue weighted by Gasteiger charge is -2.31. The first kappa shape index (κ1) is 11.6. The fraction of sp³-hybridized carbons (Fsp3) is 0.571. The van der Waals surface area contributed by atoms with Gasteiger partial charge in [0.15, 0.2) is 0 Å². The summed E-state index contributed by atoms with van der Waals surface area (Å²) in [6.45, 7) is 2.84. The summed E-state index contributed by atoms with van der Waals surface area (Å²) >= 11 is 0. The summed E-state index contributed by atoms with van der Waals surface area (Å²) in [7, 11) is 1.77. The Labute approximate surface area is 97.8 Å². The van der Waals surface area contributed by atoms with Gasteiger partial charge in [-0.3, -0.25) is 0 Å². The Balaban J connectivity index is 2.30. The van der Waals surface area contributed by atoms with E-state index in [1.165, 1.54) is 11.1 Å². The Hall–Kier alpha value is -0.860. The Morgan fingerprint density at radius 2 is 2.19 bits per heavy atom. The van der Waals surface area contributed by atoms with Gasteiger partial charge in [-0.1, -0.05) is 24.3 Å². The molecule has 1 aromatic rings. The summed E-state index contributed by atoms with van der Waals surface area (Å²) in [5.74, 6) is 0. The van der Waals surface area contributed by atoms with Crippen molar-refractivity contribution < 1.29 is 4.74 Å². The number of benzene rings is 1. The Morgan fingerprint density at radius 1 is 1.44 bits per heavy atom. The molecule has 0 saturated carbocycles. The molecule has 0 spiro atoms. The van der Waals surface area contributed by atoms with Crippen LogP contribution in [0.5, 0.6) is 0 Å². The van der Waals surface area contributed by atoms with Crippen molar-refractivity contribution in [3.8, 4) is 0 Å². The third kappa shape index (κ3) is 1.87. The van der Waals surface area contributed by atoms with E-state index >= 15 is 0 Å². The number of nitrogens with two attached hydrogens (primary N) is 1. The quantitative estimate of drug-likeness (QED) is 0.843. The standard InChI is InChI=1S/C14H21NO/c1-11(16-2)9-14(10-15)8-7-12-5-3-4-6-13(12)14/h3-6,11H,7-10,15H2,1-2H3. The second-order valence-electron chi connectivity index (χ2n) is 4.89. The maximum absolute atomic E-state index is 6.03. The van der Waals surface area contributed by atoms with E-state index in [1.807, 2.05) is 0 Å². The lowest BCUT2D eigenvalue weighted by Crippen LogP contribution is -2.36. The molecule has 0 aliphatic heterocycles. The SMILES string of the molecule is COC(C)CC1(CN)CCc2ccccc21. The van der Waals surface area contributed by atoms with E-state index in [1.54, 1.807) is 7.11 Å². The molecule has 2 nitrogen and oxygen atoms in total. The molecular weight excluding hydrogens is 198 g/mol. The van der Waals surface area contributed by atoms with Crippen LogP contribution in [0, 0.1) is 0 Å². The van der Waals surface area contributed by atoms with Gasteiger partial charge in [-0.2, -0.15) is 0 Å². The van der Waals surface area contributed by atoms with E-state index < -0.39 is 0 Å². The van der Waals surface area contributed by atoms with E-state index in [9.17, 15) is 0 Å². The van der Waals surface area contributed by atoms with Gasteiger partial charge in [0.1, 0.15) is 0 Å². The van der Waals surface area contributed by atoms with Crippen molar-refractivity contribution >= 4 is 0 Å². The second kappa shape index (κ2) is 4.56. The average molecular weight is 219 g/mol. The third-order valence-electron chi connectivity index (χ3n) is 3.93. The van der Waals surface area contributed by atoms with Gasteiger partial charge in [-0.25, -0.2) is 0 Å². The normalized spacial score (nSPS) is 25.4. The smallest absolute Gasteiger partial charge is 0.0552 e. The maximum Gasteiger partial charge on any atom is 0.0552 e. The molecule has 88 valence electrons. The molecule has 0 bridgehead atoms. The molecule has 2 N–H and O–H groups in total. The van der Waals surface area contributed by atoms with Gasteiger partial charge < -0.3 is 10.5 Å². The molecule has 2 heteroatoms. The number of fused-ring (bicyclic) bond motifs is 1. The third-order valence-corrected chi connectivity index (χ3v) is 3.93. The van der Waals surface area contributed by atoms with E-state index in [0.29, 0.717) is 0 Å². The number of hydrogen-bond acceptors (Lipinski definition) is 2. The molecular formula is C14H21NO. The summed E-state index contributed by atoms with van der Waals surface area (Å²) in [5.41, 5.74) is 9.09. The van der Waals surface area contributed by atoms with E-state index in [4.69, 9.17) is 10.5 Å². The van der Waals surface area contributed by atoms with E-state index in [0.717, 1.165) is 25.8 Å². The fourth-order valence-corrected chi connectivity index (χ4v) is 2.91. The van der Waals surface area contributed by atoms with Crippen molar-refractivity contribution in [3.05, 3.63) is 35.4 Å². The summed E-state index contributed by atoms with van der Waals surface area (Å²) in [5, 5.41) is 0. The summed E-state index contributed by atoms with van der Waals surface area (Å²) in [6, 6.07) is 8.69. The highest BCUT2D eigenvalue weighted by Crippen LogP contribution is 2.41. The first-order valence-electron chi connectivity index (χ1n) is 6.03. The second-order valence-corrected chi connectivity index (χ2v) is 4.89. The highest BCUT2D eigenvalue weighted by Gasteiger charge is 2.38. The van der Waals surface area contributed by atoms with Crippen molar-refractivity contribution in [3.63, 3.8) is 0 Å². The molecule has 0 fully saturated rings. The largest absolute Gasteiger partial charge is 0.382 e. The number of rotatable bonds is 4. The van der Waals surface area contributed by atoms with Gasteiger partial charge in [0.25, 0.3) is 0 Å². The molecule has 0 saturated heterocycles. The minimum Gasteiger partial charge on any atom is -0.382 e. The lowest BCUT2D eigenvalue weighted by molar-refractivity contribution is 0.0877.